The van der Waals surface area contributed by atoms with Crippen molar-refractivity contribution in [2.24, 2.45) is 0 Å². The lowest BCUT2D eigenvalue weighted by atomic mass is 9.90. The lowest BCUT2D eigenvalue weighted by Gasteiger charge is -2.22. The van der Waals surface area contributed by atoms with E-state index in [0.717, 1.165) is 0 Å². The van der Waals surface area contributed by atoms with Gasteiger partial charge in [0, 0.05) is 10.8 Å². The second kappa shape index (κ2) is 12.5. The topological polar surface area (TPSA) is 218 Å². The molecule has 260 valence electrons. The average molecular weight is 693 g/mol. The fraction of sp³-hybridized carbons (Fsp3) is 0.294. The van der Waals surface area contributed by atoms with E-state index in [1.165, 1.54) is 36.4 Å². The van der Waals surface area contributed by atoms with Crippen molar-refractivity contribution in [3.8, 4) is 11.5 Å². The molecule has 6 rings (SSSR count). The van der Waals surface area contributed by atoms with Gasteiger partial charge in [-0.25, -0.2) is 18.7 Å². The first kappa shape index (κ1) is 33.9. The Labute approximate surface area is 276 Å². The second-order valence-corrected chi connectivity index (χ2v) is 12.5. The quantitative estimate of drug-likeness (QED) is 0.112. The molecule has 0 aliphatic heterocycles. The summed E-state index contributed by atoms with van der Waals surface area (Å²) in [5, 5.41) is -6.38. The van der Waals surface area contributed by atoms with E-state index in [1.54, 1.807) is 27.7 Å². The van der Waals surface area contributed by atoms with Crippen molar-refractivity contribution < 1.29 is 47.6 Å². The van der Waals surface area contributed by atoms with Gasteiger partial charge in [0.1, 0.15) is 11.2 Å². The van der Waals surface area contributed by atoms with Crippen LogP contribution in [0, 0.1) is 0 Å². The van der Waals surface area contributed by atoms with Gasteiger partial charge in [-0.3, -0.25) is 19.2 Å². The molecule has 16 heteroatoms. The third kappa shape index (κ3) is 5.53. The summed E-state index contributed by atoms with van der Waals surface area (Å²) in [5.74, 6) is -0.452. The zero-order valence-corrected chi connectivity index (χ0v) is 27.4. The molecule has 16 nitrogen and oxygen atoms in total. The van der Waals surface area contributed by atoms with Crippen molar-refractivity contribution in [2.75, 3.05) is 0 Å². The van der Waals surface area contributed by atoms with Crippen LogP contribution in [-0.4, -0.2) is 11.2 Å². The minimum atomic E-state index is -1.60. The molecule has 50 heavy (non-hydrogen) atoms. The monoisotopic (exact) mass is 692 g/mol. The Bertz CT molecular complexity index is 2580. The van der Waals surface area contributed by atoms with Crippen LogP contribution in [0.3, 0.4) is 0 Å². The Hall–Kier alpha value is -6.00. The first-order valence-electron chi connectivity index (χ1n) is 15.2. The molecule has 6 aromatic rings. The number of benzene rings is 5. The van der Waals surface area contributed by atoms with E-state index >= 15 is 0 Å². The summed E-state index contributed by atoms with van der Waals surface area (Å²) < 4.78 is 25.7. The fourth-order valence-corrected chi connectivity index (χ4v) is 5.26. The second-order valence-electron chi connectivity index (χ2n) is 12.5. The molecule has 0 fully saturated rings. The van der Waals surface area contributed by atoms with E-state index in [2.05, 4.69) is 28.1 Å². The van der Waals surface area contributed by atoms with Gasteiger partial charge >= 0.3 is 11.3 Å². The van der Waals surface area contributed by atoms with Gasteiger partial charge in [-0.05, 0) is 71.6 Å². The maximum absolute atomic E-state index is 14.5. The highest BCUT2D eigenvalue weighted by atomic mass is 17.5. The third-order valence-electron chi connectivity index (χ3n) is 8.53. The van der Waals surface area contributed by atoms with Crippen LogP contribution in [0.15, 0.2) is 93.3 Å². The molecule has 2 bridgehead atoms. The van der Waals surface area contributed by atoms with Crippen molar-refractivity contribution in [3.05, 3.63) is 98.1 Å². The van der Waals surface area contributed by atoms with Crippen LogP contribution in [0.5, 0.6) is 11.5 Å². The Kier molecular flexibility index (Phi) is 8.45. The zero-order chi connectivity index (χ0) is 36.1. The fourth-order valence-electron chi connectivity index (χ4n) is 5.26. The van der Waals surface area contributed by atoms with Crippen LogP contribution in [-0.2, 0) is 9.78 Å². The predicted octanol–water partition coefficient (Wildman–Crippen LogP) is 5.29. The Morgan fingerprint density at radius 1 is 0.480 bits per heavy atom. The van der Waals surface area contributed by atoms with E-state index in [-0.39, 0.29) is 33.0 Å². The van der Waals surface area contributed by atoms with Crippen LogP contribution in [0.4, 0.5) is 0 Å². The minimum Gasteiger partial charge on any atom is -0.336 e. The molecule has 0 aliphatic carbocycles. The van der Waals surface area contributed by atoms with Gasteiger partial charge in [-0.2, -0.15) is 9.78 Å². The van der Waals surface area contributed by atoms with Crippen LogP contribution >= 0.6 is 0 Å². The number of rotatable bonds is 8. The molecular weight excluding hydrogens is 664 g/mol. The number of fused-ring (bicyclic) bond motifs is 5. The highest BCUT2D eigenvalue weighted by molar-refractivity contribution is 6.28. The minimum absolute atomic E-state index is 0.226. The van der Waals surface area contributed by atoms with E-state index in [0.29, 0.717) is 12.8 Å². The molecule has 1 heterocycles. The van der Waals surface area contributed by atoms with Gasteiger partial charge in [0.25, 0.3) is 0 Å². The summed E-state index contributed by atoms with van der Waals surface area (Å²) in [6.07, 6.45) is 0.984. The average Bonchev–Trinajstić information content (AvgIpc) is 3.10. The summed E-state index contributed by atoms with van der Waals surface area (Å²) in [6, 6.07) is 7.94. The Morgan fingerprint density at radius 3 is 1.20 bits per heavy atom. The normalized spacial score (nSPS) is 12.2. The van der Waals surface area contributed by atoms with Crippen LogP contribution < -0.4 is 42.7 Å². The molecule has 0 atom stereocenters. The zero-order valence-electron chi connectivity index (χ0n) is 27.4. The molecule has 1 aromatic heterocycles. The lowest BCUT2D eigenvalue weighted by molar-refractivity contribution is -0.416. The number of hydrogen-bond acceptors (Lipinski definition) is 16. The summed E-state index contributed by atoms with van der Waals surface area (Å²) >= 11 is 0. The standard InChI is InChI=1S/C34H28O16/c1-7-33(3,4)45-41-17-13-9-11-15-19(17)29(37)23-21(27(15)35)26-24-22(25(23)31(39)43-47-49-50-48-44-32(26)40)28(36)16-12-10-14-18(20(16)30(24)38)42-46-34(5,6)8-2/h9-14H,7-8H2,1-6H3. The maximum Gasteiger partial charge on any atom is 0.392 e. The molecule has 0 N–H and O–H groups in total. The highest BCUT2D eigenvalue weighted by Crippen LogP contribution is 2.32. The van der Waals surface area contributed by atoms with Gasteiger partial charge in [0.2, 0.25) is 0 Å². The molecule has 0 spiro atoms. The van der Waals surface area contributed by atoms with Crippen molar-refractivity contribution in [1.82, 2.24) is 0 Å². The van der Waals surface area contributed by atoms with E-state index in [1.807, 2.05) is 13.8 Å². The molecule has 0 radical (unpaired) electrons. The highest BCUT2D eigenvalue weighted by Gasteiger charge is 2.29. The summed E-state index contributed by atoms with van der Waals surface area (Å²) in [4.78, 5) is 107. The van der Waals surface area contributed by atoms with Gasteiger partial charge in [-0.15, -0.1) is 0 Å². The predicted molar refractivity (Wildman–Crippen MR) is 175 cm³/mol. The first-order chi connectivity index (χ1) is 23.7. The molecular formula is C34H28O16. The smallest absolute Gasteiger partial charge is 0.336 e. The molecule has 0 amide bonds. The molecule has 0 saturated carbocycles. The largest absolute Gasteiger partial charge is 0.392 e. The SMILES string of the molecule is CCC(C)(C)OOc1cccc2c(=O)c3c4c(=O)ooooooc(=O)c(c5c(=O)c6cccc(OOC(C)(C)CC)c6c(=O)c45)c3c(=O)c12. The van der Waals surface area contributed by atoms with Crippen LogP contribution in [0.1, 0.15) is 54.4 Å². The van der Waals surface area contributed by atoms with Gasteiger partial charge in [-0.1, -0.05) is 38.1 Å². The van der Waals surface area contributed by atoms with Gasteiger partial charge < -0.3 is 9.78 Å². The van der Waals surface area contributed by atoms with E-state index in [4.69, 9.17) is 19.6 Å². The van der Waals surface area contributed by atoms with E-state index in [9.17, 15) is 28.8 Å². The maximum atomic E-state index is 14.5. The summed E-state index contributed by atoms with van der Waals surface area (Å²) in [6.45, 7) is 10.5. The lowest BCUT2D eigenvalue weighted by Crippen LogP contribution is -2.26. The third-order valence-corrected chi connectivity index (χ3v) is 8.53. The molecule has 5 aromatic carbocycles. The van der Waals surface area contributed by atoms with Crippen LogP contribution in [0.2, 0.25) is 0 Å². The van der Waals surface area contributed by atoms with Crippen molar-refractivity contribution in [3.63, 3.8) is 0 Å². The van der Waals surface area contributed by atoms with Gasteiger partial charge in [0.15, 0.2) is 33.2 Å². The molecule has 0 unspecified atom stereocenters. The Balaban J connectivity index is 1.95. The molecule has 0 saturated heterocycles. The van der Waals surface area contributed by atoms with Crippen molar-refractivity contribution in [1.29, 1.82) is 0 Å². The number of hydrogen-bond donors (Lipinski definition) is 0. The summed E-state index contributed by atoms with van der Waals surface area (Å²) in [5.41, 5.74) is -9.12. The first-order valence-corrected chi connectivity index (χ1v) is 15.2. The summed E-state index contributed by atoms with van der Waals surface area (Å²) in [7, 11) is 0. The van der Waals surface area contributed by atoms with Crippen LogP contribution in [0.25, 0.3) is 53.9 Å². The Morgan fingerprint density at radius 2 is 0.840 bits per heavy atom. The van der Waals surface area contributed by atoms with Gasteiger partial charge in [0.05, 0.1) is 43.1 Å². The van der Waals surface area contributed by atoms with Crippen molar-refractivity contribution >= 4 is 53.9 Å². The van der Waals surface area contributed by atoms with Crippen molar-refractivity contribution in [2.45, 2.75) is 65.6 Å². The molecule has 0 aliphatic rings. The van der Waals surface area contributed by atoms with E-state index < -0.39 is 76.5 Å².